The van der Waals surface area contributed by atoms with Crippen molar-refractivity contribution in [2.45, 2.75) is 13.3 Å². The largest absolute Gasteiger partial charge is 0.0649 e. The molecule has 0 aliphatic rings. The van der Waals surface area contributed by atoms with Gasteiger partial charge in [0.1, 0.15) is 0 Å². The van der Waals surface area contributed by atoms with Gasteiger partial charge >= 0.3 is 0 Å². The lowest BCUT2D eigenvalue weighted by atomic mass is 10.1. The molecule has 1 heteroatoms. The lowest BCUT2D eigenvalue weighted by Gasteiger charge is -2.03. The van der Waals surface area contributed by atoms with Crippen LogP contribution in [0, 0.1) is 11.8 Å². The van der Waals surface area contributed by atoms with Gasteiger partial charge in [-0.3, -0.25) is 0 Å². The molecule has 0 saturated heterocycles. The molecule has 0 fully saturated rings. The Labute approximate surface area is 123 Å². The van der Waals surface area contributed by atoms with Crippen LogP contribution in [0.1, 0.15) is 24.5 Å². The van der Waals surface area contributed by atoms with Crippen LogP contribution in [0.2, 0.25) is 0 Å². The highest BCUT2D eigenvalue weighted by Gasteiger charge is 2.02. The highest BCUT2D eigenvalue weighted by atomic mass is 79.9. The second-order valence-electron chi connectivity index (χ2n) is 4.13. The van der Waals surface area contributed by atoms with Gasteiger partial charge in [-0.1, -0.05) is 67.3 Å². The van der Waals surface area contributed by atoms with E-state index < -0.39 is 0 Å². The van der Waals surface area contributed by atoms with Crippen molar-refractivity contribution >= 4 is 20.4 Å². The number of rotatable bonds is 2. The van der Waals surface area contributed by atoms with Crippen LogP contribution in [0.4, 0.5) is 0 Å². The molecule has 0 amide bonds. The summed E-state index contributed by atoms with van der Waals surface area (Å²) >= 11 is 3.66. The van der Waals surface area contributed by atoms with Gasteiger partial charge in [0, 0.05) is 15.6 Å². The molecule has 0 radical (unpaired) electrons. The third kappa shape index (κ3) is 3.84. The maximum Gasteiger partial charge on any atom is 0.0363 e. The summed E-state index contributed by atoms with van der Waals surface area (Å²) in [5, 5.41) is 0. The molecule has 0 N–H and O–H groups in total. The van der Waals surface area contributed by atoms with Crippen molar-refractivity contribution in [2.75, 3.05) is 0 Å². The molecule has 19 heavy (non-hydrogen) atoms. The van der Waals surface area contributed by atoms with Crippen molar-refractivity contribution < 1.29 is 0 Å². The highest BCUT2D eigenvalue weighted by Crippen LogP contribution is 2.26. The van der Waals surface area contributed by atoms with E-state index >= 15 is 0 Å². The lowest BCUT2D eigenvalue weighted by Crippen LogP contribution is -1.83. The van der Waals surface area contributed by atoms with E-state index in [-0.39, 0.29) is 0 Å². The summed E-state index contributed by atoms with van der Waals surface area (Å²) in [5.41, 5.74) is 3.33. The van der Waals surface area contributed by atoms with Crippen LogP contribution in [-0.4, -0.2) is 0 Å². The van der Waals surface area contributed by atoms with Gasteiger partial charge in [-0.05, 0) is 40.0 Å². The second-order valence-corrected chi connectivity index (χ2v) is 4.92. The molecule has 0 aliphatic heterocycles. The van der Waals surface area contributed by atoms with E-state index in [9.17, 15) is 0 Å². The number of hydrogen-bond donors (Lipinski definition) is 0. The van der Waals surface area contributed by atoms with E-state index in [0.717, 1.165) is 22.0 Å². The van der Waals surface area contributed by atoms with Crippen molar-refractivity contribution in [1.82, 2.24) is 0 Å². The molecule has 2 aromatic carbocycles. The van der Waals surface area contributed by atoms with Crippen LogP contribution in [-0.2, 0) is 0 Å². The molecule has 0 nitrogen and oxygen atoms in total. The number of benzene rings is 2. The second kappa shape index (κ2) is 6.97. The molecule has 0 aliphatic carbocycles. The minimum Gasteiger partial charge on any atom is -0.0649 e. The third-order valence-electron chi connectivity index (χ3n) is 2.78. The summed E-state index contributed by atoms with van der Waals surface area (Å²) in [4.78, 5) is 0. The predicted octanol–water partition coefficient (Wildman–Crippen LogP) is 5.25. The molecule has 2 aromatic rings. The first-order valence-electron chi connectivity index (χ1n) is 6.32. The average molecular weight is 311 g/mol. The number of hydrogen-bond acceptors (Lipinski definition) is 0. The highest BCUT2D eigenvalue weighted by molar-refractivity contribution is 9.15. The Morgan fingerprint density at radius 3 is 2.11 bits per heavy atom. The molecule has 2 rings (SSSR count). The maximum absolute atomic E-state index is 3.66. The standard InChI is InChI=1S/C18H15Br/c1-2-16(14-13-15-9-5-3-6-10-15)18(19)17-11-7-4-8-12-17/h3-12H,2H2,1H3/b18-16+. The Balaban J connectivity index is 2.33. The Kier molecular flexibility index (Phi) is 5.01. The van der Waals surface area contributed by atoms with Gasteiger partial charge in [0.25, 0.3) is 0 Å². The minimum absolute atomic E-state index is 0.912. The Morgan fingerprint density at radius 1 is 0.947 bits per heavy atom. The average Bonchev–Trinajstić information content (AvgIpc) is 2.49. The maximum atomic E-state index is 3.66. The van der Waals surface area contributed by atoms with Crippen LogP contribution in [0.15, 0.2) is 66.2 Å². The molecule has 0 spiro atoms. The van der Waals surface area contributed by atoms with E-state index in [2.05, 4.69) is 46.8 Å². The lowest BCUT2D eigenvalue weighted by molar-refractivity contribution is 1.17. The Hall–Kier alpha value is -1.78. The molecule has 0 bridgehead atoms. The van der Waals surface area contributed by atoms with Crippen LogP contribution >= 0.6 is 15.9 Å². The van der Waals surface area contributed by atoms with E-state index in [1.165, 1.54) is 5.56 Å². The number of allylic oxidation sites excluding steroid dienone is 1. The summed E-state index contributed by atoms with van der Waals surface area (Å²) in [5.74, 6) is 6.48. The SMILES string of the molecule is CC/C(C#Cc1ccccc1)=C(\Br)c1ccccc1. The molecule has 0 saturated carbocycles. The van der Waals surface area contributed by atoms with Crippen molar-refractivity contribution in [3.8, 4) is 11.8 Å². The van der Waals surface area contributed by atoms with E-state index in [1.54, 1.807) is 0 Å². The third-order valence-corrected chi connectivity index (χ3v) is 3.71. The molecule has 0 aromatic heterocycles. The molecule has 0 heterocycles. The van der Waals surface area contributed by atoms with Crippen molar-refractivity contribution in [1.29, 1.82) is 0 Å². The van der Waals surface area contributed by atoms with Gasteiger partial charge in [-0.2, -0.15) is 0 Å². The minimum atomic E-state index is 0.912. The summed E-state index contributed by atoms with van der Waals surface area (Å²) in [7, 11) is 0. The van der Waals surface area contributed by atoms with Crippen molar-refractivity contribution in [3.05, 3.63) is 77.4 Å². The number of halogens is 1. The van der Waals surface area contributed by atoms with E-state index in [1.807, 2.05) is 48.5 Å². The van der Waals surface area contributed by atoms with Crippen LogP contribution in [0.3, 0.4) is 0 Å². The first-order valence-corrected chi connectivity index (χ1v) is 7.11. The summed E-state index contributed by atoms with van der Waals surface area (Å²) in [6.45, 7) is 2.12. The van der Waals surface area contributed by atoms with Crippen LogP contribution < -0.4 is 0 Å². The van der Waals surface area contributed by atoms with Gasteiger partial charge in [0.2, 0.25) is 0 Å². The quantitative estimate of drug-likeness (QED) is 0.664. The van der Waals surface area contributed by atoms with Gasteiger partial charge in [-0.15, -0.1) is 0 Å². The first kappa shape index (κ1) is 13.6. The Bertz CT molecular complexity index is 613. The van der Waals surface area contributed by atoms with Gasteiger partial charge in [-0.25, -0.2) is 0 Å². The summed E-state index contributed by atoms with van der Waals surface area (Å²) < 4.78 is 1.08. The van der Waals surface area contributed by atoms with Crippen molar-refractivity contribution in [2.24, 2.45) is 0 Å². The van der Waals surface area contributed by atoms with E-state index in [0.29, 0.717) is 0 Å². The topological polar surface area (TPSA) is 0 Å². The zero-order valence-electron chi connectivity index (χ0n) is 10.9. The summed E-state index contributed by atoms with van der Waals surface area (Å²) in [6.07, 6.45) is 0.912. The Morgan fingerprint density at radius 2 is 1.53 bits per heavy atom. The monoisotopic (exact) mass is 310 g/mol. The predicted molar refractivity (Wildman–Crippen MR) is 85.9 cm³/mol. The van der Waals surface area contributed by atoms with Gasteiger partial charge in [0.15, 0.2) is 0 Å². The zero-order chi connectivity index (χ0) is 13.5. The molecular formula is C18H15Br. The molecule has 0 atom stereocenters. The van der Waals surface area contributed by atoms with Crippen LogP contribution in [0.25, 0.3) is 4.48 Å². The van der Waals surface area contributed by atoms with Crippen LogP contribution in [0.5, 0.6) is 0 Å². The van der Waals surface area contributed by atoms with Gasteiger partial charge < -0.3 is 0 Å². The fourth-order valence-corrected chi connectivity index (χ4v) is 2.37. The zero-order valence-corrected chi connectivity index (χ0v) is 12.4. The fraction of sp³-hybridized carbons (Fsp3) is 0.111. The van der Waals surface area contributed by atoms with E-state index in [4.69, 9.17) is 0 Å². The smallest absolute Gasteiger partial charge is 0.0363 e. The summed E-state index contributed by atoms with van der Waals surface area (Å²) in [6, 6.07) is 20.3. The van der Waals surface area contributed by atoms with Crippen molar-refractivity contribution in [3.63, 3.8) is 0 Å². The fourth-order valence-electron chi connectivity index (χ4n) is 1.73. The van der Waals surface area contributed by atoms with Gasteiger partial charge in [0.05, 0.1) is 0 Å². The normalized spacial score (nSPS) is 11.3. The molecule has 0 unspecified atom stereocenters. The molecular weight excluding hydrogens is 296 g/mol. The first-order chi connectivity index (χ1) is 9.31. The molecule has 94 valence electrons.